The molecule has 6 heteroatoms. The molecule has 0 saturated carbocycles. The summed E-state index contributed by atoms with van der Waals surface area (Å²) in [6, 6.07) is 5.39. The van der Waals surface area contributed by atoms with Gasteiger partial charge in [0.15, 0.2) is 0 Å². The molecule has 0 atom stereocenters. The molecule has 0 saturated heterocycles. The molecule has 0 aliphatic carbocycles. The Hall–Kier alpha value is -1.30. The van der Waals surface area contributed by atoms with E-state index in [1.54, 1.807) is 12.1 Å². The molecule has 1 amide bonds. The van der Waals surface area contributed by atoms with E-state index in [2.05, 4.69) is 5.32 Å². The van der Waals surface area contributed by atoms with Crippen molar-refractivity contribution in [3.63, 3.8) is 0 Å². The van der Waals surface area contributed by atoms with Gasteiger partial charge in [0.2, 0.25) is 0 Å². The van der Waals surface area contributed by atoms with Crippen LogP contribution in [0.2, 0.25) is 5.02 Å². The molecule has 1 aromatic heterocycles. The molecule has 4 N–H and O–H groups in total. The van der Waals surface area contributed by atoms with Crippen LogP contribution in [-0.2, 0) is 0 Å². The summed E-state index contributed by atoms with van der Waals surface area (Å²) < 4.78 is 0.908. The second kappa shape index (κ2) is 6.23. The van der Waals surface area contributed by atoms with E-state index in [1.807, 2.05) is 6.07 Å². The van der Waals surface area contributed by atoms with E-state index in [9.17, 15) is 4.79 Å². The zero-order chi connectivity index (χ0) is 13.8. The Labute approximate surface area is 120 Å². The number of aliphatic hydroxyl groups is 1. The summed E-state index contributed by atoms with van der Waals surface area (Å²) in [6.45, 7) is 0.674. The monoisotopic (exact) mass is 298 g/mol. The third kappa shape index (κ3) is 3.18. The summed E-state index contributed by atoms with van der Waals surface area (Å²) in [5, 5.41) is 13.0. The molecule has 0 unspecified atom stereocenters. The van der Waals surface area contributed by atoms with Crippen LogP contribution in [0.15, 0.2) is 18.2 Å². The number of fused-ring (bicyclic) bond motifs is 1. The van der Waals surface area contributed by atoms with Gasteiger partial charge in [-0.1, -0.05) is 11.6 Å². The van der Waals surface area contributed by atoms with Gasteiger partial charge >= 0.3 is 0 Å². The lowest BCUT2D eigenvalue weighted by Gasteiger charge is -2.03. The minimum atomic E-state index is -0.173. The highest BCUT2D eigenvalue weighted by atomic mass is 35.5. The zero-order valence-electron chi connectivity index (χ0n) is 10.3. The van der Waals surface area contributed by atoms with Gasteiger partial charge in [-0.05, 0) is 31.0 Å². The molecule has 0 spiro atoms. The van der Waals surface area contributed by atoms with Crippen LogP contribution in [0.4, 0.5) is 5.69 Å². The number of hydrogen-bond acceptors (Lipinski definition) is 4. The molecule has 0 fully saturated rings. The second-order valence-corrected chi connectivity index (χ2v) is 5.66. The van der Waals surface area contributed by atoms with Crippen molar-refractivity contribution in [3.05, 3.63) is 28.1 Å². The van der Waals surface area contributed by atoms with Gasteiger partial charge in [-0.2, -0.15) is 0 Å². The maximum Gasteiger partial charge on any atom is 0.263 e. The summed E-state index contributed by atoms with van der Waals surface area (Å²) in [6.07, 6.45) is 1.43. The number of anilines is 1. The van der Waals surface area contributed by atoms with Gasteiger partial charge in [0, 0.05) is 28.3 Å². The van der Waals surface area contributed by atoms with Crippen molar-refractivity contribution >= 4 is 44.6 Å². The predicted octanol–water partition coefficient (Wildman–Crippen LogP) is 2.64. The Balaban J connectivity index is 2.15. The summed E-state index contributed by atoms with van der Waals surface area (Å²) in [7, 11) is 0. The quantitative estimate of drug-likeness (QED) is 0.743. The Bertz CT molecular complexity index is 598. The van der Waals surface area contributed by atoms with Crippen LogP contribution in [0.1, 0.15) is 22.5 Å². The number of nitrogens with one attached hydrogen (secondary N) is 1. The van der Waals surface area contributed by atoms with Crippen LogP contribution in [0, 0.1) is 0 Å². The molecule has 0 aliphatic rings. The second-order valence-electron chi connectivity index (χ2n) is 4.17. The first-order valence-electron chi connectivity index (χ1n) is 6.00. The third-order valence-electron chi connectivity index (χ3n) is 2.77. The normalized spacial score (nSPS) is 10.8. The number of unbranched alkanes of at least 4 members (excludes halogenated alkanes) is 1. The predicted molar refractivity (Wildman–Crippen MR) is 79.9 cm³/mol. The van der Waals surface area contributed by atoms with Crippen LogP contribution >= 0.6 is 22.9 Å². The Morgan fingerprint density at radius 3 is 2.95 bits per heavy atom. The molecule has 1 aromatic carbocycles. The van der Waals surface area contributed by atoms with Gasteiger partial charge in [-0.3, -0.25) is 4.79 Å². The first kappa shape index (κ1) is 14.1. The topological polar surface area (TPSA) is 75.4 Å². The minimum absolute atomic E-state index is 0.138. The minimum Gasteiger partial charge on any atom is -0.397 e. The number of hydrogen-bond donors (Lipinski definition) is 3. The molecule has 19 heavy (non-hydrogen) atoms. The van der Waals surface area contributed by atoms with Crippen molar-refractivity contribution < 1.29 is 9.90 Å². The Morgan fingerprint density at radius 1 is 1.42 bits per heavy atom. The average molecular weight is 299 g/mol. The van der Waals surface area contributed by atoms with Crippen molar-refractivity contribution in [2.24, 2.45) is 0 Å². The largest absolute Gasteiger partial charge is 0.397 e. The number of carbonyl (C=O) groups is 1. The van der Waals surface area contributed by atoms with Crippen LogP contribution in [0.5, 0.6) is 0 Å². The summed E-state index contributed by atoms with van der Waals surface area (Å²) in [5.41, 5.74) is 6.48. The van der Waals surface area contributed by atoms with E-state index < -0.39 is 0 Å². The van der Waals surface area contributed by atoms with E-state index in [1.165, 1.54) is 11.3 Å². The van der Waals surface area contributed by atoms with Crippen molar-refractivity contribution in [1.82, 2.24) is 5.32 Å². The fourth-order valence-electron chi connectivity index (χ4n) is 1.78. The maximum atomic E-state index is 12.0. The van der Waals surface area contributed by atoms with Gasteiger partial charge in [-0.25, -0.2) is 0 Å². The molecule has 2 rings (SSSR count). The highest BCUT2D eigenvalue weighted by Crippen LogP contribution is 2.35. The maximum absolute atomic E-state index is 12.0. The fourth-order valence-corrected chi connectivity index (χ4v) is 3.09. The number of aliphatic hydroxyl groups excluding tert-OH is 1. The van der Waals surface area contributed by atoms with Gasteiger partial charge in [-0.15, -0.1) is 11.3 Å². The van der Waals surface area contributed by atoms with E-state index in [4.69, 9.17) is 22.4 Å². The molecule has 1 heterocycles. The van der Waals surface area contributed by atoms with Crippen molar-refractivity contribution in [1.29, 1.82) is 0 Å². The molecule has 2 aromatic rings. The van der Waals surface area contributed by atoms with Crippen LogP contribution < -0.4 is 11.1 Å². The van der Waals surface area contributed by atoms with E-state index in [0.717, 1.165) is 16.5 Å². The summed E-state index contributed by atoms with van der Waals surface area (Å²) >= 11 is 7.26. The molecular weight excluding hydrogens is 284 g/mol. The Kier molecular flexibility index (Phi) is 4.63. The lowest BCUT2D eigenvalue weighted by molar-refractivity contribution is 0.0957. The fraction of sp³-hybridized carbons (Fsp3) is 0.308. The first-order valence-corrected chi connectivity index (χ1v) is 7.19. The molecule has 0 aliphatic heterocycles. The van der Waals surface area contributed by atoms with E-state index in [0.29, 0.717) is 28.6 Å². The lowest BCUT2D eigenvalue weighted by atomic mass is 10.2. The molecular formula is C13H15ClN2O2S. The average Bonchev–Trinajstić information content (AvgIpc) is 2.71. The van der Waals surface area contributed by atoms with Crippen LogP contribution in [0.3, 0.4) is 0 Å². The van der Waals surface area contributed by atoms with E-state index in [-0.39, 0.29) is 12.5 Å². The lowest BCUT2D eigenvalue weighted by Crippen LogP contribution is -2.24. The van der Waals surface area contributed by atoms with Crippen molar-refractivity contribution in [3.8, 4) is 0 Å². The summed E-state index contributed by atoms with van der Waals surface area (Å²) in [5.74, 6) is -0.173. The number of halogens is 1. The molecule has 4 nitrogen and oxygen atoms in total. The molecule has 0 bridgehead atoms. The first-order chi connectivity index (χ1) is 9.13. The van der Waals surface area contributed by atoms with Crippen molar-refractivity contribution in [2.45, 2.75) is 12.8 Å². The molecule has 102 valence electrons. The third-order valence-corrected chi connectivity index (χ3v) is 4.17. The van der Waals surface area contributed by atoms with Gasteiger partial charge < -0.3 is 16.2 Å². The number of amides is 1. The number of rotatable bonds is 5. The van der Waals surface area contributed by atoms with Crippen LogP contribution in [0.25, 0.3) is 10.1 Å². The van der Waals surface area contributed by atoms with Crippen molar-refractivity contribution in [2.75, 3.05) is 18.9 Å². The highest BCUT2D eigenvalue weighted by molar-refractivity contribution is 7.21. The Morgan fingerprint density at radius 2 is 2.21 bits per heavy atom. The standard InChI is InChI=1S/C13H15ClN2O2S/c14-8-3-4-9-10(7-8)19-12(11(9)15)13(18)16-5-1-2-6-17/h3-4,7,17H,1-2,5-6,15H2,(H,16,18). The smallest absolute Gasteiger partial charge is 0.263 e. The van der Waals surface area contributed by atoms with Crippen LogP contribution in [-0.4, -0.2) is 24.2 Å². The number of carbonyl (C=O) groups excluding carboxylic acids is 1. The number of nitrogens with two attached hydrogens (primary N) is 1. The van der Waals surface area contributed by atoms with Gasteiger partial charge in [0.05, 0.1) is 5.69 Å². The van der Waals surface area contributed by atoms with Gasteiger partial charge in [0.1, 0.15) is 4.88 Å². The zero-order valence-corrected chi connectivity index (χ0v) is 11.9. The van der Waals surface area contributed by atoms with E-state index >= 15 is 0 Å². The number of thiophene rings is 1. The highest BCUT2D eigenvalue weighted by Gasteiger charge is 2.15. The number of nitrogen functional groups attached to an aromatic ring is 1. The van der Waals surface area contributed by atoms with Gasteiger partial charge in [0.25, 0.3) is 5.91 Å². The number of benzene rings is 1. The summed E-state index contributed by atoms with van der Waals surface area (Å²) in [4.78, 5) is 12.5. The molecule has 0 radical (unpaired) electrons. The SMILES string of the molecule is Nc1c(C(=O)NCCCCO)sc2cc(Cl)ccc12.